The SMILES string of the molecule is Cc1ccc(C(=O)N2CCCC(=O)C2)c(C)n1. The fourth-order valence-corrected chi connectivity index (χ4v) is 2.09. The van der Waals surface area contributed by atoms with Crippen LogP contribution >= 0.6 is 0 Å². The largest absolute Gasteiger partial charge is 0.331 e. The number of amides is 1. The monoisotopic (exact) mass is 232 g/mol. The molecule has 1 fully saturated rings. The number of nitrogens with zero attached hydrogens (tertiary/aromatic N) is 2. The lowest BCUT2D eigenvalue weighted by atomic mass is 10.1. The first-order valence-electron chi connectivity index (χ1n) is 5.83. The van der Waals surface area contributed by atoms with Crippen molar-refractivity contribution in [1.82, 2.24) is 9.88 Å². The van der Waals surface area contributed by atoms with Gasteiger partial charge in [-0.1, -0.05) is 0 Å². The van der Waals surface area contributed by atoms with Gasteiger partial charge < -0.3 is 4.90 Å². The zero-order valence-corrected chi connectivity index (χ0v) is 10.2. The van der Waals surface area contributed by atoms with E-state index < -0.39 is 0 Å². The first-order valence-corrected chi connectivity index (χ1v) is 5.83. The molecule has 4 heteroatoms. The minimum atomic E-state index is -0.0805. The second-order valence-electron chi connectivity index (χ2n) is 4.45. The van der Waals surface area contributed by atoms with E-state index in [1.54, 1.807) is 11.0 Å². The number of ketones is 1. The van der Waals surface area contributed by atoms with E-state index in [0.29, 0.717) is 18.5 Å². The van der Waals surface area contributed by atoms with Crippen molar-refractivity contribution in [3.05, 3.63) is 29.1 Å². The molecule has 1 aliphatic rings. The quantitative estimate of drug-likeness (QED) is 0.737. The maximum Gasteiger partial charge on any atom is 0.256 e. The number of rotatable bonds is 1. The van der Waals surface area contributed by atoms with Crippen LogP contribution in [-0.2, 0) is 4.79 Å². The molecule has 1 saturated heterocycles. The number of aromatic nitrogens is 1. The van der Waals surface area contributed by atoms with Crippen LogP contribution in [0.1, 0.15) is 34.6 Å². The van der Waals surface area contributed by atoms with E-state index in [9.17, 15) is 9.59 Å². The number of pyridine rings is 1. The predicted octanol–water partition coefficient (Wildman–Crippen LogP) is 1.50. The Balaban J connectivity index is 2.21. The summed E-state index contributed by atoms with van der Waals surface area (Å²) in [6, 6.07) is 3.62. The molecule has 0 radical (unpaired) electrons. The number of carbonyl (C=O) groups excluding carboxylic acids is 2. The smallest absolute Gasteiger partial charge is 0.256 e. The summed E-state index contributed by atoms with van der Waals surface area (Å²) >= 11 is 0. The van der Waals surface area contributed by atoms with Gasteiger partial charge in [0, 0.05) is 18.7 Å². The summed E-state index contributed by atoms with van der Waals surface area (Å²) < 4.78 is 0. The Morgan fingerprint density at radius 3 is 2.76 bits per heavy atom. The van der Waals surface area contributed by atoms with Gasteiger partial charge in [-0.25, -0.2) is 0 Å². The second-order valence-corrected chi connectivity index (χ2v) is 4.45. The molecule has 2 heterocycles. The first kappa shape index (κ1) is 11.8. The van der Waals surface area contributed by atoms with E-state index >= 15 is 0 Å². The van der Waals surface area contributed by atoms with Gasteiger partial charge in [0.1, 0.15) is 0 Å². The molecule has 0 aromatic carbocycles. The number of hydrogen-bond acceptors (Lipinski definition) is 3. The van der Waals surface area contributed by atoms with Crippen molar-refractivity contribution in [3.63, 3.8) is 0 Å². The van der Waals surface area contributed by atoms with Crippen LogP contribution in [0, 0.1) is 13.8 Å². The molecule has 0 N–H and O–H groups in total. The standard InChI is InChI=1S/C13H16N2O2/c1-9-5-6-12(10(2)14-9)13(17)15-7-3-4-11(16)8-15/h5-6H,3-4,7-8H2,1-2H3. The van der Waals surface area contributed by atoms with Crippen molar-refractivity contribution in [2.45, 2.75) is 26.7 Å². The Hall–Kier alpha value is -1.71. The third-order valence-electron chi connectivity index (χ3n) is 2.99. The van der Waals surface area contributed by atoms with E-state index in [0.717, 1.165) is 17.8 Å². The number of likely N-dealkylation sites (tertiary alicyclic amines) is 1. The molecule has 4 nitrogen and oxygen atoms in total. The minimum Gasteiger partial charge on any atom is -0.331 e. The van der Waals surface area contributed by atoms with Gasteiger partial charge in [0.05, 0.1) is 17.8 Å². The highest BCUT2D eigenvalue weighted by Gasteiger charge is 2.23. The Kier molecular flexibility index (Phi) is 3.22. The van der Waals surface area contributed by atoms with Gasteiger partial charge in [0.25, 0.3) is 5.91 Å². The van der Waals surface area contributed by atoms with Gasteiger partial charge in [0.15, 0.2) is 5.78 Å². The molecule has 17 heavy (non-hydrogen) atoms. The van der Waals surface area contributed by atoms with Crippen molar-refractivity contribution in [3.8, 4) is 0 Å². The van der Waals surface area contributed by atoms with Gasteiger partial charge in [-0.15, -0.1) is 0 Å². The van der Waals surface area contributed by atoms with E-state index in [4.69, 9.17) is 0 Å². The van der Waals surface area contributed by atoms with Crippen molar-refractivity contribution in [2.75, 3.05) is 13.1 Å². The van der Waals surface area contributed by atoms with E-state index in [1.807, 2.05) is 19.9 Å². The zero-order valence-electron chi connectivity index (χ0n) is 10.2. The third-order valence-corrected chi connectivity index (χ3v) is 2.99. The maximum atomic E-state index is 12.2. The van der Waals surface area contributed by atoms with Crippen LogP contribution in [0.3, 0.4) is 0 Å². The average molecular weight is 232 g/mol. The molecule has 0 bridgehead atoms. The molecular formula is C13H16N2O2. The van der Waals surface area contributed by atoms with Crippen LogP contribution in [0.15, 0.2) is 12.1 Å². The molecule has 0 saturated carbocycles. The Bertz CT molecular complexity index is 468. The average Bonchev–Trinajstić information content (AvgIpc) is 2.28. The highest BCUT2D eigenvalue weighted by atomic mass is 16.2. The summed E-state index contributed by atoms with van der Waals surface area (Å²) in [6.07, 6.45) is 1.36. The first-order chi connectivity index (χ1) is 8.08. The molecule has 1 amide bonds. The molecular weight excluding hydrogens is 216 g/mol. The normalized spacial score (nSPS) is 16.1. The number of carbonyl (C=O) groups is 2. The summed E-state index contributed by atoms with van der Waals surface area (Å²) in [6.45, 7) is 4.63. The van der Waals surface area contributed by atoms with Gasteiger partial charge >= 0.3 is 0 Å². The zero-order chi connectivity index (χ0) is 12.4. The maximum absolute atomic E-state index is 12.2. The Morgan fingerprint density at radius 1 is 1.35 bits per heavy atom. The molecule has 0 atom stereocenters. The summed E-state index contributed by atoms with van der Waals surface area (Å²) in [4.78, 5) is 29.4. The number of hydrogen-bond donors (Lipinski definition) is 0. The topological polar surface area (TPSA) is 50.3 Å². The number of piperidine rings is 1. The van der Waals surface area contributed by atoms with Crippen LogP contribution in [0.4, 0.5) is 0 Å². The van der Waals surface area contributed by atoms with Gasteiger partial charge in [-0.2, -0.15) is 0 Å². The highest BCUT2D eigenvalue weighted by Crippen LogP contribution is 2.13. The molecule has 0 spiro atoms. The third kappa shape index (κ3) is 2.52. The Morgan fingerprint density at radius 2 is 2.12 bits per heavy atom. The summed E-state index contributed by atoms with van der Waals surface area (Å²) in [5.41, 5.74) is 2.23. The number of Topliss-reactive ketones (excluding diaryl/α,β-unsaturated/α-hetero) is 1. The Labute approximate surface area is 101 Å². The van der Waals surface area contributed by atoms with Gasteiger partial charge in [-0.05, 0) is 32.4 Å². The van der Waals surface area contributed by atoms with Crippen LogP contribution in [0.2, 0.25) is 0 Å². The van der Waals surface area contributed by atoms with Crippen molar-refractivity contribution in [2.24, 2.45) is 0 Å². The summed E-state index contributed by atoms with van der Waals surface area (Å²) in [7, 11) is 0. The van der Waals surface area contributed by atoms with Crippen molar-refractivity contribution < 1.29 is 9.59 Å². The van der Waals surface area contributed by atoms with E-state index in [1.165, 1.54) is 0 Å². The van der Waals surface area contributed by atoms with Crippen LogP contribution in [0.25, 0.3) is 0 Å². The van der Waals surface area contributed by atoms with Gasteiger partial charge in [0.2, 0.25) is 0 Å². The molecule has 1 aromatic rings. The molecule has 1 aliphatic heterocycles. The predicted molar refractivity (Wildman–Crippen MR) is 63.9 cm³/mol. The van der Waals surface area contributed by atoms with E-state index in [-0.39, 0.29) is 18.2 Å². The van der Waals surface area contributed by atoms with Crippen molar-refractivity contribution in [1.29, 1.82) is 0 Å². The highest BCUT2D eigenvalue weighted by molar-refractivity contribution is 5.98. The summed E-state index contributed by atoms with van der Waals surface area (Å²) in [5, 5.41) is 0. The summed E-state index contributed by atoms with van der Waals surface area (Å²) in [5.74, 6) is 0.0605. The molecule has 1 aromatic heterocycles. The van der Waals surface area contributed by atoms with Gasteiger partial charge in [-0.3, -0.25) is 14.6 Å². The lowest BCUT2D eigenvalue weighted by Crippen LogP contribution is -2.40. The van der Waals surface area contributed by atoms with Crippen LogP contribution in [-0.4, -0.2) is 34.7 Å². The molecule has 90 valence electrons. The minimum absolute atomic E-state index is 0.0805. The van der Waals surface area contributed by atoms with E-state index in [2.05, 4.69) is 4.98 Å². The second kappa shape index (κ2) is 4.65. The van der Waals surface area contributed by atoms with Crippen molar-refractivity contribution >= 4 is 11.7 Å². The van der Waals surface area contributed by atoms with Crippen LogP contribution in [0.5, 0.6) is 0 Å². The lowest BCUT2D eigenvalue weighted by molar-refractivity contribution is -0.121. The molecule has 2 rings (SSSR count). The van der Waals surface area contributed by atoms with Crippen LogP contribution < -0.4 is 0 Å². The molecule has 0 aliphatic carbocycles. The number of aryl methyl sites for hydroxylation is 2. The fraction of sp³-hybridized carbons (Fsp3) is 0.462. The molecule has 0 unspecified atom stereocenters. The fourth-order valence-electron chi connectivity index (χ4n) is 2.09. The lowest BCUT2D eigenvalue weighted by Gasteiger charge is -2.26.